The number of para-hydroxylation sites is 2. The van der Waals surface area contributed by atoms with Crippen LogP contribution in [0.15, 0.2) is 24.3 Å². The maximum atomic E-state index is 11.4. The molecular formula is C20H27N7O3. The molecule has 4 rings (SSSR count). The lowest BCUT2D eigenvalue weighted by molar-refractivity contribution is -0.384. The number of benzene rings is 1. The number of rotatable bonds is 5. The first kappa shape index (κ1) is 20.1. The third kappa shape index (κ3) is 4.37. The van der Waals surface area contributed by atoms with Crippen molar-refractivity contribution in [1.82, 2.24) is 15.0 Å². The van der Waals surface area contributed by atoms with Gasteiger partial charge in [-0.2, -0.15) is 15.0 Å². The summed E-state index contributed by atoms with van der Waals surface area (Å²) in [5.74, 6) is 1.27. The molecule has 0 amide bonds. The molecule has 2 aromatic rings. The molecule has 0 N–H and O–H groups in total. The van der Waals surface area contributed by atoms with E-state index in [1.54, 1.807) is 25.3 Å². The average molecular weight is 413 g/mol. The molecule has 160 valence electrons. The van der Waals surface area contributed by atoms with Crippen LogP contribution in [0.4, 0.5) is 23.3 Å². The van der Waals surface area contributed by atoms with Gasteiger partial charge in [0.2, 0.25) is 11.9 Å². The predicted molar refractivity (Wildman–Crippen MR) is 115 cm³/mol. The molecule has 10 nitrogen and oxygen atoms in total. The molecule has 2 saturated heterocycles. The largest absolute Gasteiger partial charge is 0.467 e. The summed E-state index contributed by atoms with van der Waals surface area (Å²) in [7, 11) is 1.57. The molecule has 0 aliphatic carbocycles. The van der Waals surface area contributed by atoms with E-state index in [0.29, 0.717) is 49.8 Å². The smallest absolute Gasteiger partial charge is 0.322 e. The minimum Gasteiger partial charge on any atom is -0.467 e. The lowest BCUT2D eigenvalue weighted by atomic mass is 10.2. The summed E-state index contributed by atoms with van der Waals surface area (Å²) in [6.45, 7) is 4.52. The highest BCUT2D eigenvalue weighted by Crippen LogP contribution is 2.29. The van der Waals surface area contributed by atoms with Crippen molar-refractivity contribution in [3.05, 3.63) is 34.4 Å². The SMILES string of the molecule is COc1nc(N2CCCCCC2)nc(N2CCN(c3ccccc3[N+](=O)[O-])CC2)n1. The monoisotopic (exact) mass is 413 g/mol. The molecule has 0 bridgehead atoms. The fraction of sp³-hybridized carbons (Fsp3) is 0.550. The van der Waals surface area contributed by atoms with Crippen molar-refractivity contribution >= 4 is 23.3 Å². The van der Waals surface area contributed by atoms with E-state index in [1.807, 2.05) is 11.0 Å². The highest BCUT2D eigenvalue weighted by Gasteiger charge is 2.26. The Kier molecular flexibility index (Phi) is 6.10. The van der Waals surface area contributed by atoms with Crippen LogP contribution >= 0.6 is 0 Å². The average Bonchev–Trinajstić information content (AvgIpc) is 3.08. The van der Waals surface area contributed by atoms with Crippen molar-refractivity contribution in [3.8, 4) is 6.01 Å². The zero-order chi connectivity index (χ0) is 20.9. The minimum atomic E-state index is -0.327. The van der Waals surface area contributed by atoms with Crippen molar-refractivity contribution in [3.63, 3.8) is 0 Å². The van der Waals surface area contributed by atoms with Gasteiger partial charge in [-0.05, 0) is 18.9 Å². The molecule has 2 aliphatic rings. The van der Waals surface area contributed by atoms with Crippen LogP contribution in [0.1, 0.15) is 25.7 Å². The van der Waals surface area contributed by atoms with Gasteiger partial charge in [0, 0.05) is 45.3 Å². The van der Waals surface area contributed by atoms with Crippen LogP contribution in [-0.2, 0) is 0 Å². The first-order valence-corrected chi connectivity index (χ1v) is 10.4. The molecule has 0 radical (unpaired) electrons. The van der Waals surface area contributed by atoms with Crippen LogP contribution in [0.5, 0.6) is 6.01 Å². The fourth-order valence-electron chi connectivity index (χ4n) is 4.01. The van der Waals surface area contributed by atoms with Gasteiger partial charge in [0.05, 0.1) is 12.0 Å². The van der Waals surface area contributed by atoms with E-state index >= 15 is 0 Å². The van der Waals surface area contributed by atoms with Crippen LogP contribution in [0.3, 0.4) is 0 Å². The Bertz CT molecular complexity index is 878. The highest BCUT2D eigenvalue weighted by atomic mass is 16.6. The van der Waals surface area contributed by atoms with Gasteiger partial charge in [-0.3, -0.25) is 10.1 Å². The van der Waals surface area contributed by atoms with E-state index < -0.39 is 0 Å². The second kappa shape index (κ2) is 9.10. The number of hydrogen-bond donors (Lipinski definition) is 0. The molecule has 0 unspecified atom stereocenters. The fourth-order valence-corrected chi connectivity index (χ4v) is 4.01. The molecule has 0 saturated carbocycles. The Morgan fingerprint density at radius 3 is 2.00 bits per heavy atom. The molecule has 2 aliphatic heterocycles. The number of aromatic nitrogens is 3. The van der Waals surface area contributed by atoms with Crippen molar-refractivity contribution in [2.24, 2.45) is 0 Å². The first-order valence-electron chi connectivity index (χ1n) is 10.4. The van der Waals surface area contributed by atoms with E-state index in [-0.39, 0.29) is 10.6 Å². The van der Waals surface area contributed by atoms with Gasteiger partial charge < -0.3 is 19.4 Å². The molecule has 1 aromatic carbocycles. The number of ether oxygens (including phenoxy) is 1. The molecule has 1 aromatic heterocycles. The Hall–Kier alpha value is -3.17. The predicted octanol–water partition coefficient (Wildman–Crippen LogP) is 2.50. The summed E-state index contributed by atoms with van der Waals surface area (Å²) in [6, 6.07) is 7.20. The lowest BCUT2D eigenvalue weighted by Gasteiger charge is -2.36. The van der Waals surface area contributed by atoms with Crippen molar-refractivity contribution < 1.29 is 9.66 Å². The topological polar surface area (TPSA) is 101 Å². The molecule has 30 heavy (non-hydrogen) atoms. The van der Waals surface area contributed by atoms with E-state index in [1.165, 1.54) is 12.8 Å². The third-order valence-electron chi connectivity index (χ3n) is 5.64. The van der Waals surface area contributed by atoms with E-state index in [2.05, 4.69) is 19.8 Å². The first-order chi connectivity index (χ1) is 14.7. The number of anilines is 3. The quantitative estimate of drug-likeness (QED) is 0.540. The standard InChI is InChI=1S/C20H27N7O3/c1-30-20-22-18(25-10-6-2-3-7-11-25)21-19(23-20)26-14-12-24(13-15-26)16-8-4-5-9-17(16)27(28)29/h4-5,8-9H,2-3,6-7,10-15H2,1H3. The highest BCUT2D eigenvalue weighted by molar-refractivity contribution is 5.63. The summed E-state index contributed by atoms with van der Waals surface area (Å²) in [4.78, 5) is 31.1. The van der Waals surface area contributed by atoms with E-state index in [9.17, 15) is 10.1 Å². The normalized spacial score (nSPS) is 17.6. The van der Waals surface area contributed by atoms with Gasteiger partial charge in [0.15, 0.2) is 0 Å². The Balaban J connectivity index is 1.50. The van der Waals surface area contributed by atoms with Gasteiger partial charge >= 0.3 is 6.01 Å². The van der Waals surface area contributed by atoms with Gasteiger partial charge in [-0.15, -0.1) is 0 Å². The van der Waals surface area contributed by atoms with Crippen molar-refractivity contribution in [2.75, 3.05) is 61.1 Å². The third-order valence-corrected chi connectivity index (χ3v) is 5.64. The van der Waals surface area contributed by atoms with E-state index in [0.717, 1.165) is 25.9 Å². The summed E-state index contributed by atoms with van der Waals surface area (Å²) < 4.78 is 5.34. The molecule has 3 heterocycles. The zero-order valence-electron chi connectivity index (χ0n) is 17.2. The van der Waals surface area contributed by atoms with Crippen LogP contribution < -0.4 is 19.4 Å². The maximum absolute atomic E-state index is 11.4. The zero-order valence-corrected chi connectivity index (χ0v) is 17.2. The molecule has 2 fully saturated rings. The Morgan fingerprint density at radius 2 is 1.40 bits per heavy atom. The summed E-state index contributed by atoms with van der Waals surface area (Å²) >= 11 is 0. The number of nitro benzene ring substituents is 1. The van der Waals surface area contributed by atoms with Crippen molar-refractivity contribution in [2.45, 2.75) is 25.7 Å². The minimum absolute atomic E-state index is 0.135. The lowest BCUT2D eigenvalue weighted by Crippen LogP contribution is -2.47. The Labute approximate surface area is 175 Å². The summed E-state index contributed by atoms with van der Waals surface area (Å²) in [5, 5.41) is 11.4. The van der Waals surface area contributed by atoms with Crippen LogP contribution in [0.25, 0.3) is 0 Å². The van der Waals surface area contributed by atoms with Crippen LogP contribution in [-0.4, -0.2) is 66.3 Å². The van der Waals surface area contributed by atoms with Crippen molar-refractivity contribution in [1.29, 1.82) is 0 Å². The summed E-state index contributed by atoms with van der Waals surface area (Å²) in [5.41, 5.74) is 0.789. The molecule has 0 spiro atoms. The van der Waals surface area contributed by atoms with Gasteiger partial charge in [-0.25, -0.2) is 0 Å². The second-order valence-electron chi connectivity index (χ2n) is 7.54. The van der Waals surface area contributed by atoms with Crippen LogP contribution in [0, 0.1) is 10.1 Å². The number of nitrogens with zero attached hydrogens (tertiary/aromatic N) is 7. The van der Waals surface area contributed by atoms with Gasteiger partial charge in [0.1, 0.15) is 5.69 Å². The molecular weight excluding hydrogens is 386 g/mol. The van der Waals surface area contributed by atoms with Gasteiger partial charge in [0.25, 0.3) is 5.69 Å². The molecule has 0 atom stereocenters. The van der Waals surface area contributed by atoms with Crippen LogP contribution in [0.2, 0.25) is 0 Å². The maximum Gasteiger partial charge on any atom is 0.322 e. The van der Waals surface area contributed by atoms with Gasteiger partial charge in [-0.1, -0.05) is 25.0 Å². The molecule has 10 heteroatoms. The second-order valence-corrected chi connectivity index (χ2v) is 7.54. The number of piperazine rings is 1. The number of nitro groups is 1. The Morgan fingerprint density at radius 1 is 0.833 bits per heavy atom. The number of hydrogen-bond acceptors (Lipinski definition) is 9. The number of methoxy groups -OCH3 is 1. The van der Waals surface area contributed by atoms with E-state index in [4.69, 9.17) is 9.72 Å². The summed E-state index contributed by atoms with van der Waals surface area (Å²) in [6.07, 6.45) is 4.74.